The summed E-state index contributed by atoms with van der Waals surface area (Å²) in [5, 5.41) is 11.9. The Hall–Kier alpha value is -0.850. The van der Waals surface area contributed by atoms with Crippen molar-refractivity contribution in [2.24, 2.45) is 0 Å². The molecule has 0 saturated carbocycles. The van der Waals surface area contributed by atoms with E-state index in [4.69, 9.17) is 5.26 Å². The fourth-order valence-electron chi connectivity index (χ4n) is 1.06. The number of hydrogen-bond donors (Lipinski definition) is 1. The minimum Gasteiger partial charge on any atom is -0.314 e. The minimum absolute atomic E-state index is 0.109. The van der Waals surface area contributed by atoms with Gasteiger partial charge in [-0.2, -0.15) is 5.26 Å². The second kappa shape index (κ2) is 3.91. The van der Waals surface area contributed by atoms with Gasteiger partial charge in [-0.25, -0.2) is 0 Å². The summed E-state index contributed by atoms with van der Waals surface area (Å²) in [7, 11) is 1.96. The van der Waals surface area contributed by atoms with Crippen LogP contribution in [0.2, 0.25) is 0 Å². The molecule has 0 aromatic carbocycles. The van der Waals surface area contributed by atoms with Crippen molar-refractivity contribution in [3.05, 3.63) is 21.9 Å². The first kappa shape index (κ1) is 10.2. The van der Waals surface area contributed by atoms with Crippen LogP contribution in [-0.4, -0.2) is 12.6 Å². The highest BCUT2D eigenvalue weighted by atomic mass is 32.1. The van der Waals surface area contributed by atoms with Crippen molar-refractivity contribution < 1.29 is 0 Å². The Bertz CT molecular complexity index is 320. The van der Waals surface area contributed by atoms with Gasteiger partial charge in [-0.1, -0.05) is 0 Å². The molecule has 0 spiro atoms. The molecule has 3 heteroatoms. The average Bonchev–Trinajstić information content (AvgIpc) is 2.52. The first-order valence-corrected chi connectivity index (χ1v) is 5.07. The molecule has 0 amide bonds. The third kappa shape index (κ3) is 2.83. The van der Waals surface area contributed by atoms with Crippen molar-refractivity contribution in [1.82, 2.24) is 5.32 Å². The Morgan fingerprint density at radius 3 is 2.69 bits per heavy atom. The first-order valence-electron chi connectivity index (χ1n) is 4.25. The molecule has 1 N–H and O–H groups in total. The third-order valence-electron chi connectivity index (χ3n) is 2.06. The number of nitriles is 1. The van der Waals surface area contributed by atoms with Crippen LogP contribution in [0.1, 0.15) is 23.6 Å². The molecule has 2 nitrogen and oxygen atoms in total. The van der Waals surface area contributed by atoms with E-state index in [0.29, 0.717) is 0 Å². The predicted molar refractivity (Wildman–Crippen MR) is 55.9 cm³/mol. The Morgan fingerprint density at radius 2 is 2.23 bits per heavy atom. The van der Waals surface area contributed by atoms with Crippen molar-refractivity contribution in [3.8, 4) is 6.07 Å². The van der Waals surface area contributed by atoms with Crippen molar-refractivity contribution in [3.63, 3.8) is 0 Å². The van der Waals surface area contributed by atoms with E-state index in [0.717, 1.165) is 11.3 Å². The van der Waals surface area contributed by atoms with Gasteiger partial charge in [0.25, 0.3) is 0 Å². The maximum Gasteiger partial charge on any atom is 0.110 e. The Morgan fingerprint density at radius 1 is 1.54 bits per heavy atom. The summed E-state index contributed by atoms with van der Waals surface area (Å²) >= 11 is 1.57. The molecule has 1 rings (SSSR count). The summed E-state index contributed by atoms with van der Waals surface area (Å²) < 4.78 is 0. The fraction of sp³-hybridized carbons (Fsp3) is 0.500. The van der Waals surface area contributed by atoms with Crippen LogP contribution in [0.5, 0.6) is 0 Å². The van der Waals surface area contributed by atoms with E-state index in [1.54, 1.807) is 11.3 Å². The Kier molecular flexibility index (Phi) is 3.07. The van der Waals surface area contributed by atoms with Gasteiger partial charge in [0.2, 0.25) is 0 Å². The molecule has 1 aromatic heterocycles. The van der Waals surface area contributed by atoms with Crippen molar-refractivity contribution in [2.45, 2.75) is 25.8 Å². The van der Waals surface area contributed by atoms with Gasteiger partial charge in [0.1, 0.15) is 10.9 Å². The second-order valence-corrected chi connectivity index (χ2v) is 4.86. The lowest BCUT2D eigenvalue weighted by Gasteiger charge is -2.22. The molecule has 1 heterocycles. The zero-order valence-corrected chi connectivity index (χ0v) is 9.03. The zero-order chi connectivity index (χ0) is 9.90. The van der Waals surface area contributed by atoms with Crippen molar-refractivity contribution in [1.29, 1.82) is 5.26 Å². The van der Waals surface area contributed by atoms with Crippen molar-refractivity contribution >= 4 is 11.3 Å². The molecule has 0 aliphatic heterocycles. The van der Waals surface area contributed by atoms with Crippen LogP contribution in [-0.2, 0) is 6.42 Å². The highest BCUT2D eigenvalue weighted by molar-refractivity contribution is 7.12. The van der Waals surface area contributed by atoms with E-state index < -0.39 is 0 Å². The van der Waals surface area contributed by atoms with Crippen LogP contribution in [0.25, 0.3) is 0 Å². The van der Waals surface area contributed by atoms with E-state index in [1.165, 1.54) is 4.88 Å². The lowest BCUT2D eigenvalue weighted by Crippen LogP contribution is -2.38. The molecule has 0 bridgehead atoms. The highest BCUT2D eigenvalue weighted by Gasteiger charge is 2.16. The van der Waals surface area contributed by atoms with E-state index >= 15 is 0 Å². The molecule has 0 aliphatic carbocycles. The summed E-state index contributed by atoms with van der Waals surface area (Å²) in [6, 6.07) is 6.06. The van der Waals surface area contributed by atoms with E-state index in [1.807, 2.05) is 19.2 Å². The molecule has 0 radical (unpaired) electrons. The molecule has 70 valence electrons. The Labute approximate surface area is 83.2 Å². The smallest absolute Gasteiger partial charge is 0.110 e. The third-order valence-corrected chi connectivity index (χ3v) is 3.05. The van der Waals surface area contributed by atoms with E-state index in [-0.39, 0.29) is 5.54 Å². The van der Waals surface area contributed by atoms with Gasteiger partial charge >= 0.3 is 0 Å². The van der Waals surface area contributed by atoms with Crippen LogP contribution in [0, 0.1) is 11.3 Å². The first-order chi connectivity index (χ1) is 6.07. The minimum atomic E-state index is 0.109. The largest absolute Gasteiger partial charge is 0.314 e. The summed E-state index contributed by atoms with van der Waals surface area (Å²) in [6.07, 6.45) is 0.968. The maximum absolute atomic E-state index is 8.65. The van der Waals surface area contributed by atoms with Gasteiger partial charge < -0.3 is 5.32 Å². The highest BCUT2D eigenvalue weighted by Crippen LogP contribution is 2.20. The van der Waals surface area contributed by atoms with Gasteiger partial charge in [-0.3, -0.25) is 0 Å². The standard InChI is InChI=1S/C10H14N2S/c1-10(2,12-3)6-8-4-5-9(7-11)13-8/h4-5,12H,6H2,1-3H3. The quantitative estimate of drug-likeness (QED) is 0.800. The average molecular weight is 194 g/mol. The van der Waals surface area contributed by atoms with E-state index in [2.05, 4.69) is 25.2 Å². The van der Waals surface area contributed by atoms with Crippen LogP contribution in [0.3, 0.4) is 0 Å². The molecule has 0 atom stereocenters. The maximum atomic E-state index is 8.65. The summed E-state index contributed by atoms with van der Waals surface area (Å²) in [5.41, 5.74) is 0.109. The number of thiophene rings is 1. The summed E-state index contributed by atoms with van der Waals surface area (Å²) in [4.78, 5) is 2.05. The van der Waals surface area contributed by atoms with Crippen LogP contribution in [0.4, 0.5) is 0 Å². The monoisotopic (exact) mass is 194 g/mol. The number of rotatable bonds is 3. The van der Waals surface area contributed by atoms with Gasteiger partial charge in [0.15, 0.2) is 0 Å². The molecule has 0 saturated heterocycles. The zero-order valence-electron chi connectivity index (χ0n) is 8.22. The summed E-state index contributed by atoms with van der Waals surface area (Å²) in [5.74, 6) is 0. The lowest BCUT2D eigenvalue weighted by atomic mass is 10.0. The molecular formula is C10H14N2S. The SMILES string of the molecule is CNC(C)(C)Cc1ccc(C#N)s1. The number of nitrogens with zero attached hydrogens (tertiary/aromatic N) is 1. The van der Waals surface area contributed by atoms with Crippen LogP contribution < -0.4 is 5.32 Å². The molecular weight excluding hydrogens is 180 g/mol. The van der Waals surface area contributed by atoms with Gasteiger partial charge in [0, 0.05) is 10.4 Å². The molecule has 1 aromatic rings. The van der Waals surface area contributed by atoms with Gasteiger partial charge in [-0.15, -0.1) is 11.3 Å². The van der Waals surface area contributed by atoms with Crippen LogP contribution in [0.15, 0.2) is 12.1 Å². The lowest BCUT2D eigenvalue weighted by molar-refractivity contribution is 0.425. The summed E-state index contributed by atoms with van der Waals surface area (Å²) in [6.45, 7) is 4.30. The Balaban J connectivity index is 2.70. The second-order valence-electron chi connectivity index (χ2n) is 3.69. The van der Waals surface area contributed by atoms with Crippen LogP contribution >= 0.6 is 11.3 Å². The predicted octanol–water partition coefficient (Wildman–Crippen LogP) is 2.16. The normalized spacial score (nSPS) is 11.2. The fourth-order valence-corrected chi connectivity index (χ4v) is 2.09. The van der Waals surface area contributed by atoms with E-state index in [9.17, 15) is 0 Å². The topological polar surface area (TPSA) is 35.8 Å². The molecule has 0 fully saturated rings. The molecule has 0 aliphatic rings. The molecule has 0 unspecified atom stereocenters. The molecule has 13 heavy (non-hydrogen) atoms. The number of hydrogen-bond acceptors (Lipinski definition) is 3. The number of nitrogens with one attached hydrogen (secondary N) is 1. The van der Waals surface area contributed by atoms with Gasteiger partial charge in [0.05, 0.1) is 0 Å². The van der Waals surface area contributed by atoms with Crippen molar-refractivity contribution in [2.75, 3.05) is 7.05 Å². The number of likely N-dealkylation sites (N-methyl/N-ethyl adjacent to an activating group) is 1. The van der Waals surface area contributed by atoms with Gasteiger partial charge in [-0.05, 0) is 39.4 Å².